The molecule has 0 aromatic carbocycles. The van der Waals surface area contributed by atoms with Gasteiger partial charge in [0.15, 0.2) is 0 Å². The summed E-state index contributed by atoms with van der Waals surface area (Å²) < 4.78 is 5.47. The van der Waals surface area contributed by atoms with E-state index in [2.05, 4.69) is 43.5 Å². The molecule has 3 N–H and O–H groups in total. The van der Waals surface area contributed by atoms with Gasteiger partial charge < -0.3 is 20.3 Å². The van der Waals surface area contributed by atoms with Crippen molar-refractivity contribution in [2.24, 2.45) is 0 Å². The quantitative estimate of drug-likeness (QED) is 0.0320. The minimum Gasteiger partial charge on any atom is -0.466 e. The zero-order valence-corrected chi connectivity index (χ0v) is 54.1. The van der Waals surface area contributed by atoms with Gasteiger partial charge in [0.25, 0.3) is 0 Å². The van der Waals surface area contributed by atoms with Crippen molar-refractivity contribution in [1.82, 2.24) is 5.32 Å². The van der Waals surface area contributed by atoms with E-state index in [0.29, 0.717) is 19.4 Å². The summed E-state index contributed by atoms with van der Waals surface area (Å²) in [5.74, 6) is -0.0538. The molecule has 0 spiro atoms. The molecule has 0 saturated heterocycles. The highest BCUT2D eigenvalue weighted by Gasteiger charge is 2.18. The Morgan fingerprint density at radius 1 is 0.338 bits per heavy atom. The number of nitrogens with one attached hydrogen (secondary N) is 1. The Labute approximate surface area is 500 Å². The highest BCUT2D eigenvalue weighted by atomic mass is 16.5. The lowest BCUT2D eigenvalue weighted by atomic mass is 10.0. The number of hydrogen-bond donors (Lipinski definition) is 3. The maximum absolute atomic E-state index is 12.5. The average Bonchev–Trinajstić information content (AvgIpc) is 3.46. The Morgan fingerprint density at radius 3 is 0.925 bits per heavy atom. The molecule has 0 rings (SSSR count). The first-order valence-electron chi connectivity index (χ1n) is 36.3. The number of ether oxygens (including phenoxy) is 1. The summed E-state index contributed by atoms with van der Waals surface area (Å²) in [6, 6.07) is -0.626. The van der Waals surface area contributed by atoms with Crippen LogP contribution in [0.25, 0.3) is 0 Å². The number of unbranched alkanes of at least 4 members (excludes halogenated alkanes) is 53. The van der Waals surface area contributed by atoms with Crippen LogP contribution in [0.5, 0.6) is 0 Å². The normalized spacial score (nSPS) is 12.7. The Hall–Kier alpha value is -1.92. The minimum atomic E-state index is -0.843. The SMILES string of the molecule is CCCC/C=C\CCCCCCCC(=O)OCCCCCCCCCCCCCC/C=C\CCCCCCCCCCCCCCCCCCCC(=O)NC(CO)C(O)/C=C/CCCCCCCCCCCCCCCCCCC. The van der Waals surface area contributed by atoms with Crippen molar-refractivity contribution in [3.63, 3.8) is 0 Å². The fraction of sp³-hybridized carbons (Fsp3) is 0.892. The first-order valence-corrected chi connectivity index (χ1v) is 36.3. The van der Waals surface area contributed by atoms with E-state index in [4.69, 9.17) is 4.74 Å². The molecule has 0 aromatic heterocycles. The highest BCUT2D eigenvalue weighted by molar-refractivity contribution is 5.76. The second-order valence-corrected chi connectivity index (χ2v) is 24.9. The number of carbonyl (C=O) groups is 2. The first-order chi connectivity index (χ1) is 39.5. The molecule has 6 heteroatoms. The van der Waals surface area contributed by atoms with Crippen LogP contribution < -0.4 is 5.32 Å². The summed E-state index contributed by atoms with van der Waals surface area (Å²) >= 11 is 0. The van der Waals surface area contributed by atoms with E-state index in [1.165, 1.54) is 327 Å². The topological polar surface area (TPSA) is 95.9 Å². The Bertz CT molecular complexity index is 1300. The molecular formula is C74H141NO5. The van der Waals surface area contributed by atoms with Crippen LogP contribution >= 0.6 is 0 Å². The van der Waals surface area contributed by atoms with Crippen molar-refractivity contribution in [3.05, 3.63) is 36.5 Å². The van der Waals surface area contributed by atoms with E-state index in [1.807, 2.05) is 6.08 Å². The van der Waals surface area contributed by atoms with E-state index in [0.717, 1.165) is 44.9 Å². The van der Waals surface area contributed by atoms with Gasteiger partial charge >= 0.3 is 5.97 Å². The van der Waals surface area contributed by atoms with Crippen LogP contribution in [-0.4, -0.2) is 47.4 Å². The molecule has 2 unspecified atom stereocenters. The van der Waals surface area contributed by atoms with Gasteiger partial charge in [0, 0.05) is 12.8 Å². The molecule has 0 bridgehead atoms. The highest BCUT2D eigenvalue weighted by Crippen LogP contribution is 2.19. The van der Waals surface area contributed by atoms with Crippen molar-refractivity contribution in [1.29, 1.82) is 0 Å². The van der Waals surface area contributed by atoms with Crippen LogP contribution in [0, 0.1) is 0 Å². The van der Waals surface area contributed by atoms with Gasteiger partial charge in [0.05, 0.1) is 25.4 Å². The minimum absolute atomic E-state index is 0.00758. The lowest BCUT2D eigenvalue weighted by Gasteiger charge is -2.20. The number of allylic oxidation sites excluding steroid dienone is 5. The van der Waals surface area contributed by atoms with E-state index in [1.54, 1.807) is 6.08 Å². The zero-order valence-electron chi connectivity index (χ0n) is 54.1. The largest absolute Gasteiger partial charge is 0.466 e. The molecule has 6 nitrogen and oxygen atoms in total. The molecule has 0 heterocycles. The zero-order chi connectivity index (χ0) is 57.8. The van der Waals surface area contributed by atoms with Gasteiger partial charge in [-0.15, -0.1) is 0 Å². The van der Waals surface area contributed by atoms with Crippen LogP contribution in [0.2, 0.25) is 0 Å². The third kappa shape index (κ3) is 65.2. The Kier molecular flexibility index (Phi) is 67.9. The second kappa shape index (κ2) is 69.6. The fourth-order valence-electron chi connectivity index (χ4n) is 11.3. The van der Waals surface area contributed by atoms with Crippen LogP contribution in [0.3, 0.4) is 0 Å². The average molecular weight is 1120 g/mol. The van der Waals surface area contributed by atoms with Crippen LogP contribution in [0.4, 0.5) is 0 Å². The number of esters is 1. The number of rotatable bonds is 68. The summed E-state index contributed by atoms with van der Waals surface area (Å²) in [6.45, 7) is 4.90. The van der Waals surface area contributed by atoms with Crippen molar-refractivity contribution in [2.75, 3.05) is 13.2 Å². The van der Waals surface area contributed by atoms with E-state index < -0.39 is 12.1 Å². The molecule has 0 aliphatic carbocycles. The number of hydrogen-bond acceptors (Lipinski definition) is 5. The molecule has 0 aliphatic heterocycles. The summed E-state index contributed by atoms with van der Waals surface area (Å²) in [7, 11) is 0. The first kappa shape index (κ1) is 78.1. The van der Waals surface area contributed by atoms with Gasteiger partial charge in [-0.3, -0.25) is 9.59 Å². The molecule has 1 amide bonds. The lowest BCUT2D eigenvalue weighted by Crippen LogP contribution is -2.45. The van der Waals surface area contributed by atoms with E-state index >= 15 is 0 Å². The Morgan fingerprint density at radius 2 is 0.600 bits per heavy atom. The van der Waals surface area contributed by atoms with E-state index in [9.17, 15) is 19.8 Å². The van der Waals surface area contributed by atoms with Crippen molar-refractivity contribution >= 4 is 11.9 Å². The third-order valence-electron chi connectivity index (χ3n) is 16.9. The second-order valence-electron chi connectivity index (χ2n) is 24.9. The molecule has 0 aromatic rings. The van der Waals surface area contributed by atoms with Gasteiger partial charge in [0.2, 0.25) is 5.91 Å². The smallest absolute Gasteiger partial charge is 0.305 e. The van der Waals surface area contributed by atoms with Crippen LogP contribution in [0.15, 0.2) is 36.5 Å². The molecule has 0 aliphatic rings. The Balaban J connectivity index is 3.38. The van der Waals surface area contributed by atoms with Gasteiger partial charge in [-0.2, -0.15) is 0 Å². The van der Waals surface area contributed by atoms with Gasteiger partial charge in [-0.25, -0.2) is 0 Å². The van der Waals surface area contributed by atoms with Crippen LogP contribution in [-0.2, 0) is 14.3 Å². The number of amides is 1. The molecule has 0 saturated carbocycles. The number of carbonyl (C=O) groups excluding carboxylic acids is 2. The lowest BCUT2D eigenvalue weighted by molar-refractivity contribution is -0.143. The number of aliphatic hydroxyl groups is 2. The predicted molar refractivity (Wildman–Crippen MR) is 352 cm³/mol. The molecular weight excluding hydrogens is 983 g/mol. The predicted octanol–water partition coefficient (Wildman–Crippen LogP) is 23.5. The van der Waals surface area contributed by atoms with Crippen molar-refractivity contribution < 1.29 is 24.5 Å². The third-order valence-corrected chi connectivity index (χ3v) is 16.9. The molecule has 0 fully saturated rings. The summed E-state index contributed by atoms with van der Waals surface area (Å²) in [5.41, 5.74) is 0. The molecule has 472 valence electrons. The van der Waals surface area contributed by atoms with Gasteiger partial charge in [0.1, 0.15) is 0 Å². The fourth-order valence-corrected chi connectivity index (χ4v) is 11.3. The molecule has 80 heavy (non-hydrogen) atoms. The molecule has 2 atom stereocenters. The number of aliphatic hydroxyl groups excluding tert-OH is 2. The summed E-state index contributed by atoms with van der Waals surface area (Å²) in [4.78, 5) is 24.5. The summed E-state index contributed by atoms with van der Waals surface area (Å²) in [6.07, 6.45) is 89.6. The van der Waals surface area contributed by atoms with Gasteiger partial charge in [-0.1, -0.05) is 346 Å². The maximum atomic E-state index is 12.5. The maximum Gasteiger partial charge on any atom is 0.305 e. The van der Waals surface area contributed by atoms with Gasteiger partial charge in [-0.05, 0) is 77.0 Å². The van der Waals surface area contributed by atoms with Crippen molar-refractivity contribution in [2.45, 2.75) is 411 Å². The summed E-state index contributed by atoms with van der Waals surface area (Å²) in [5, 5.41) is 23.2. The molecule has 0 radical (unpaired) electrons. The monoisotopic (exact) mass is 1120 g/mol. The van der Waals surface area contributed by atoms with Crippen LogP contribution in [0.1, 0.15) is 399 Å². The van der Waals surface area contributed by atoms with Crippen molar-refractivity contribution in [3.8, 4) is 0 Å². The standard InChI is InChI=1S/C74H141NO5/c1-3-5-7-9-11-13-15-16-17-18-34-37-40-43-47-50-54-58-62-66-72(77)71(70-76)75-73(78)67-63-59-55-51-48-44-41-38-35-32-30-28-26-24-22-20-19-21-23-25-27-29-31-33-36-39-42-45-49-53-57-61-65-69-80-74(79)68-64-60-56-52-46-14-12-10-8-6-4-2/h10,12,23,25,62,66,71-72,76-77H,3-9,11,13-22,24,26-61,63-65,67-70H2,1-2H3,(H,75,78)/b12-10-,25-23-,66-62+. The van der Waals surface area contributed by atoms with E-state index in [-0.39, 0.29) is 18.5 Å².